The van der Waals surface area contributed by atoms with Gasteiger partial charge in [0.05, 0.1) is 23.5 Å². The molecule has 26 heavy (non-hydrogen) atoms. The lowest BCUT2D eigenvalue weighted by Crippen LogP contribution is -2.39. The van der Waals surface area contributed by atoms with Crippen LogP contribution in [0.1, 0.15) is 47.2 Å². The van der Waals surface area contributed by atoms with Crippen LogP contribution >= 0.6 is 0 Å². The Balaban J connectivity index is 1.61. The van der Waals surface area contributed by atoms with Gasteiger partial charge < -0.3 is 14.9 Å². The monoisotopic (exact) mass is 345 g/mol. The van der Waals surface area contributed by atoms with Crippen molar-refractivity contribution in [3.05, 3.63) is 65.9 Å². The Morgan fingerprint density at radius 3 is 2.88 bits per heavy atom. The number of nitrogens with one attached hydrogen (secondary N) is 2. The Labute approximate surface area is 151 Å². The van der Waals surface area contributed by atoms with Crippen LogP contribution in [-0.2, 0) is 0 Å². The van der Waals surface area contributed by atoms with Gasteiger partial charge in [0, 0.05) is 12.7 Å². The highest BCUT2D eigenvalue weighted by Crippen LogP contribution is 2.31. The summed E-state index contributed by atoms with van der Waals surface area (Å²) in [6.07, 6.45) is 6.29. The molecule has 1 unspecified atom stereocenters. The first kappa shape index (κ1) is 16.2. The third-order valence-corrected chi connectivity index (χ3v) is 4.80. The fourth-order valence-corrected chi connectivity index (χ4v) is 3.47. The third kappa shape index (κ3) is 3.00. The second-order valence-electron chi connectivity index (χ2n) is 6.47. The summed E-state index contributed by atoms with van der Waals surface area (Å²) in [5.41, 5.74) is 2.93. The highest BCUT2D eigenvalue weighted by atomic mass is 16.2. The molecule has 0 bridgehead atoms. The predicted octanol–water partition coefficient (Wildman–Crippen LogP) is 3.64. The molecule has 1 saturated heterocycles. The molecule has 4 rings (SSSR count). The van der Waals surface area contributed by atoms with Crippen LogP contribution in [0, 0.1) is 11.3 Å². The van der Waals surface area contributed by atoms with Crippen LogP contribution < -0.4 is 0 Å². The molecule has 6 heteroatoms. The van der Waals surface area contributed by atoms with Crippen molar-refractivity contribution >= 4 is 5.91 Å². The number of H-pyrrole nitrogens is 2. The molecule has 6 nitrogen and oxygen atoms in total. The first-order valence-corrected chi connectivity index (χ1v) is 8.76. The van der Waals surface area contributed by atoms with Crippen LogP contribution in [0.15, 0.2) is 48.8 Å². The molecule has 0 spiro atoms. The Hall–Kier alpha value is -3.33. The number of piperidine rings is 1. The predicted molar refractivity (Wildman–Crippen MR) is 97.2 cm³/mol. The number of nitriles is 1. The van der Waals surface area contributed by atoms with Crippen molar-refractivity contribution in [1.29, 1.82) is 5.26 Å². The van der Waals surface area contributed by atoms with Gasteiger partial charge in [0.2, 0.25) is 0 Å². The summed E-state index contributed by atoms with van der Waals surface area (Å²) in [4.78, 5) is 25.6. The Kier molecular flexibility index (Phi) is 4.28. The molecule has 2 aromatic heterocycles. The number of aromatic amines is 2. The van der Waals surface area contributed by atoms with Crippen LogP contribution in [-0.4, -0.2) is 32.3 Å². The standard InChI is InChI=1S/C20H19N5O/c21-11-14-10-16(22-12-14)20(26)25-9-5-4-8-18(25)19-23-13-17(24-19)15-6-2-1-3-7-15/h1-3,6-7,10,12-13,18,22H,4-5,8-9H2,(H,23,24). The molecule has 1 atom stereocenters. The number of aromatic nitrogens is 3. The summed E-state index contributed by atoms with van der Waals surface area (Å²) in [6, 6.07) is 13.6. The van der Waals surface area contributed by atoms with Gasteiger partial charge >= 0.3 is 0 Å². The number of carbonyl (C=O) groups excluding carboxylic acids is 1. The van der Waals surface area contributed by atoms with E-state index in [0.29, 0.717) is 17.8 Å². The minimum atomic E-state index is -0.0890. The minimum Gasteiger partial charge on any atom is -0.356 e. The van der Waals surface area contributed by atoms with Gasteiger partial charge in [-0.05, 0) is 30.9 Å². The molecule has 1 aromatic carbocycles. The van der Waals surface area contributed by atoms with Crippen LogP contribution in [0.25, 0.3) is 11.3 Å². The number of imidazole rings is 1. The molecule has 130 valence electrons. The summed E-state index contributed by atoms with van der Waals surface area (Å²) in [5.74, 6) is 0.720. The van der Waals surface area contributed by atoms with Crippen LogP contribution in [0.4, 0.5) is 0 Å². The van der Waals surface area contributed by atoms with Crippen LogP contribution in [0.2, 0.25) is 0 Å². The molecule has 1 amide bonds. The van der Waals surface area contributed by atoms with Crippen molar-refractivity contribution in [1.82, 2.24) is 19.9 Å². The van der Waals surface area contributed by atoms with E-state index in [9.17, 15) is 4.79 Å². The zero-order valence-electron chi connectivity index (χ0n) is 14.3. The van der Waals surface area contributed by atoms with Gasteiger partial charge in [-0.15, -0.1) is 0 Å². The fraction of sp³-hybridized carbons (Fsp3) is 0.250. The zero-order valence-corrected chi connectivity index (χ0v) is 14.3. The molecule has 3 heterocycles. The van der Waals surface area contributed by atoms with Crippen molar-refractivity contribution in [2.24, 2.45) is 0 Å². The average molecular weight is 345 g/mol. The minimum absolute atomic E-state index is 0.0810. The first-order chi connectivity index (χ1) is 12.8. The number of hydrogen-bond acceptors (Lipinski definition) is 3. The van der Waals surface area contributed by atoms with Gasteiger partial charge in [0.15, 0.2) is 0 Å². The molecule has 1 aliphatic rings. The van der Waals surface area contributed by atoms with Crippen molar-refractivity contribution < 1.29 is 4.79 Å². The van der Waals surface area contributed by atoms with Gasteiger partial charge in [-0.3, -0.25) is 4.79 Å². The Morgan fingerprint density at radius 1 is 1.27 bits per heavy atom. The largest absolute Gasteiger partial charge is 0.356 e. The lowest BCUT2D eigenvalue weighted by molar-refractivity contribution is 0.0595. The quantitative estimate of drug-likeness (QED) is 0.759. The normalized spacial score (nSPS) is 17.0. The number of likely N-dealkylation sites (tertiary alicyclic amines) is 1. The number of hydrogen-bond donors (Lipinski definition) is 2. The number of benzene rings is 1. The maximum Gasteiger partial charge on any atom is 0.270 e. The van der Waals surface area contributed by atoms with Gasteiger partial charge in [-0.2, -0.15) is 5.26 Å². The topological polar surface area (TPSA) is 88.6 Å². The lowest BCUT2D eigenvalue weighted by atomic mass is 10.0. The summed E-state index contributed by atoms with van der Waals surface area (Å²) in [6.45, 7) is 0.686. The maximum absolute atomic E-state index is 12.9. The molecule has 0 aliphatic carbocycles. The van der Waals surface area contributed by atoms with E-state index in [1.807, 2.05) is 47.5 Å². The van der Waals surface area contributed by atoms with E-state index in [1.165, 1.54) is 0 Å². The molecule has 1 fully saturated rings. The van der Waals surface area contributed by atoms with E-state index in [0.717, 1.165) is 36.3 Å². The fourth-order valence-electron chi connectivity index (χ4n) is 3.47. The Morgan fingerprint density at radius 2 is 2.12 bits per heavy atom. The van der Waals surface area contributed by atoms with Crippen molar-refractivity contribution in [2.75, 3.05) is 6.54 Å². The van der Waals surface area contributed by atoms with Gasteiger partial charge in [-0.25, -0.2) is 4.98 Å². The molecule has 0 saturated carbocycles. The number of amides is 1. The SMILES string of the molecule is N#Cc1c[nH]c(C(=O)N2CCCCC2c2ncc(-c3ccccc3)[nH]2)c1. The van der Waals surface area contributed by atoms with E-state index >= 15 is 0 Å². The summed E-state index contributed by atoms with van der Waals surface area (Å²) < 4.78 is 0. The highest BCUT2D eigenvalue weighted by Gasteiger charge is 2.31. The van der Waals surface area contributed by atoms with E-state index in [4.69, 9.17) is 5.26 Å². The smallest absolute Gasteiger partial charge is 0.270 e. The summed E-state index contributed by atoms with van der Waals surface area (Å²) in [7, 11) is 0. The number of nitrogens with zero attached hydrogens (tertiary/aromatic N) is 3. The molecule has 0 radical (unpaired) electrons. The molecule has 1 aliphatic heterocycles. The average Bonchev–Trinajstić information content (AvgIpc) is 3.38. The van der Waals surface area contributed by atoms with Gasteiger partial charge in [0.25, 0.3) is 5.91 Å². The number of rotatable bonds is 3. The van der Waals surface area contributed by atoms with E-state index < -0.39 is 0 Å². The van der Waals surface area contributed by atoms with E-state index in [-0.39, 0.29) is 11.9 Å². The molecule has 2 N–H and O–H groups in total. The highest BCUT2D eigenvalue weighted by molar-refractivity contribution is 5.93. The van der Waals surface area contributed by atoms with E-state index in [2.05, 4.69) is 15.0 Å². The maximum atomic E-state index is 12.9. The second kappa shape index (κ2) is 6.89. The third-order valence-electron chi connectivity index (χ3n) is 4.80. The van der Waals surface area contributed by atoms with E-state index in [1.54, 1.807) is 12.3 Å². The molecular formula is C20H19N5O. The zero-order chi connectivity index (χ0) is 17.9. The lowest BCUT2D eigenvalue weighted by Gasteiger charge is -2.34. The number of carbonyl (C=O) groups is 1. The molecular weight excluding hydrogens is 326 g/mol. The second-order valence-corrected chi connectivity index (χ2v) is 6.47. The van der Waals surface area contributed by atoms with Crippen molar-refractivity contribution in [2.45, 2.75) is 25.3 Å². The van der Waals surface area contributed by atoms with Crippen molar-refractivity contribution in [3.8, 4) is 17.3 Å². The van der Waals surface area contributed by atoms with Crippen LogP contribution in [0.5, 0.6) is 0 Å². The van der Waals surface area contributed by atoms with Gasteiger partial charge in [0.1, 0.15) is 17.6 Å². The Bertz CT molecular complexity index is 950. The van der Waals surface area contributed by atoms with Crippen molar-refractivity contribution in [3.63, 3.8) is 0 Å². The van der Waals surface area contributed by atoms with Crippen LogP contribution in [0.3, 0.4) is 0 Å². The first-order valence-electron chi connectivity index (χ1n) is 8.76. The summed E-state index contributed by atoms with van der Waals surface area (Å²) in [5, 5.41) is 8.97. The van der Waals surface area contributed by atoms with Gasteiger partial charge in [-0.1, -0.05) is 30.3 Å². The molecule has 3 aromatic rings. The summed E-state index contributed by atoms with van der Waals surface area (Å²) >= 11 is 0.